The van der Waals surface area contributed by atoms with E-state index >= 15 is 0 Å². The first-order valence-electron chi connectivity index (χ1n) is 8.47. The third-order valence-electron chi connectivity index (χ3n) is 5.50. The van der Waals surface area contributed by atoms with Crippen LogP contribution in [-0.4, -0.2) is 44.5 Å². The summed E-state index contributed by atoms with van der Waals surface area (Å²) in [6.45, 7) is 4.72. The Balaban J connectivity index is 1.42. The number of hydrogen-bond acceptors (Lipinski definition) is 3. The molecule has 1 saturated heterocycles. The highest BCUT2D eigenvalue weighted by Crippen LogP contribution is 2.60. The Morgan fingerprint density at radius 1 is 1.33 bits per heavy atom. The molecule has 120 valence electrons. The molecule has 2 aliphatic carbocycles. The zero-order valence-corrected chi connectivity index (χ0v) is 13.0. The number of carbonyl (C=O) groups is 1. The second-order valence-electron chi connectivity index (χ2n) is 6.77. The minimum absolute atomic E-state index is 0.0178. The first-order chi connectivity index (χ1) is 10.2. The molecule has 2 saturated carbocycles. The summed E-state index contributed by atoms with van der Waals surface area (Å²) < 4.78 is 11.1. The molecule has 5 nitrogen and oxygen atoms in total. The molecule has 21 heavy (non-hydrogen) atoms. The zero-order chi connectivity index (χ0) is 14.7. The first kappa shape index (κ1) is 15.1. The minimum Gasteiger partial charge on any atom is -0.379 e. The Bertz CT molecular complexity index is 369. The summed E-state index contributed by atoms with van der Waals surface area (Å²) in [5, 5.41) is 6.15. The molecule has 0 aromatic heterocycles. The number of amides is 2. The molecule has 3 rings (SSSR count). The van der Waals surface area contributed by atoms with Gasteiger partial charge >= 0.3 is 6.03 Å². The smallest absolute Gasteiger partial charge is 0.315 e. The van der Waals surface area contributed by atoms with Crippen LogP contribution in [0, 0.1) is 11.3 Å². The van der Waals surface area contributed by atoms with Gasteiger partial charge in [0.15, 0.2) is 0 Å². The molecule has 2 N–H and O–H groups in total. The van der Waals surface area contributed by atoms with Gasteiger partial charge in [-0.05, 0) is 50.4 Å². The van der Waals surface area contributed by atoms with Crippen LogP contribution >= 0.6 is 0 Å². The molecule has 5 heteroatoms. The van der Waals surface area contributed by atoms with Crippen LogP contribution in [0.15, 0.2) is 0 Å². The van der Waals surface area contributed by atoms with Crippen molar-refractivity contribution in [2.24, 2.45) is 11.3 Å². The number of nitrogens with one attached hydrogen (secondary N) is 2. The number of carbonyl (C=O) groups excluding carboxylic acids is 1. The van der Waals surface area contributed by atoms with E-state index < -0.39 is 0 Å². The van der Waals surface area contributed by atoms with Gasteiger partial charge in [-0.2, -0.15) is 0 Å². The van der Waals surface area contributed by atoms with Gasteiger partial charge in [-0.1, -0.05) is 6.42 Å². The van der Waals surface area contributed by atoms with Crippen LogP contribution in [0.25, 0.3) is 0 Å². The lowest BCUT2D eigenvalue weighted by Crippen LogP contribution is -2.53. The molecule has 3 atom stereocenters. The monoisotopic (exact) mass is 296 g/mol. The maximum atomic E-state index is 12.1. The highest BCUT2D eigenvalue weighted by molar-refractivity contribution is 5.74. The fourth-order valence-corrected chi connectivity index (χ4v) is 4.04. The van der Waals surface area contributed by atoms with Gasteiger partial charge in [0.05, 0.1) is 12.6 Å². The highest BCUT2D eigenvalue weighted by Gasteiger charge is 2.51. The SMILES string of the molecule is CCOC1COCCC1NC(=O)NCC1CCCC12CC2. The van der Waals surface area contributed by atoms with Crippen molar-refractivity contribution in [2.75, 3.05) is 26.4 Å². The van der Waals surface area contributed by atoms with E-state index in [1.54, 1.807) is 0 Å². The quantitative estimate of drug-likeness (QED) is 0.816. The van der Waals surface area contributed by atoms with Crippen molar-refractivity contribution in [3.8, 4) is 0 Å². The maximum Gasteiger partial charge on any atom is 0.315 e. The Kier molecular flexibility index (Phi) is 4.69. The van der Waals surface area contributed by atoms with E-state index in [1.165, 1.54) is 32.1 Å². The maximum absolute atomic E-state index is 12.1. The molecule has 3 fully saturated rings. The van der Waals surface area contributed by atoms with Crippen LogP contribution in [0.1, 0.15) is 45.4 Å². The average molecular weight is 296 g/mol. The molecular formula is C16H28N2O3. The van der Waals surface area contributed by atoms with E-state index in [-0.39, 0.29) is 18.2 Å². The van der Waals surface area contributed by atoms with Gasteiger partial charge < -0.3 is 20.1 Å². The number of rotatable bonds is 5. The van der Waals surface area contributed by atoms with Gasteiger partial charge in [0.1, 0.15) is 6.10 Å². The lowest BCUT2D eigenvalue weighted by Gasteiger charge is -2.32. The van der Waals surface area contributed by atoms with E-state index in [2.05, 4.69) is 10.6 Å². The molecule has 0 radical (unpaired) electrons. The molecule has 1 spiro atoms. The summed E-state index contributed by atoms with van der Waals surface area (Å²) in [7, 11) is 0. The third kappa shape index (κ3) is 3.51. The van der Waals surface area contributed by atoms with Crippen molar-refractivity contribution in [1.29, 1.82) is 0 Å². The van der Waals surface area contributed by atoms with Gasteiger partial charge in [0, 0.05) is 19.8 Å². The van der Waals surface area contributed by atoms with Gasteiger partial charge in [-0.25, -0.2) is 4.79 Å². The zero-order valence-electron chi connectivity index (χ0n) is 13.0. The fraction of sp³-hybridized carbons (Fsp3) is 0.938. The number of urea groups is 1. The first-order valence-corrected chi connectivity index (χ1v) is 8.47. The van der Waals surface area contributed by atoms with Crippen molar-refractivity contribution in [3.05, 3.63) is 0 Å². The number of ether oxygens (including phenoxy) is 2. The van der Waals surface area contributed by atoms with Crippen LogP contribution in [0.4, 0.5) is 4.79 Å². The van der Waals surface area contributed by atoms with Crippen molar-refractivity contribution in [3.63, 3.8) is 0 Å². The minimum atomic E-state index is -0.0469. The second kappa shape index (κ2) is 6.53. The summed E-state index contributed by atoms with van der Waals surface area (Å²) in [5.74, 6) is 0.695. The predicted octanol–water partition coefficient (Wildman–Crippen LogP) is 2.06. The van der Waals surface area contributed by atoms with E-state index in [0.29, 0.717) is 31.2 Å². The average Bonchev–Trinajstić information content (AvgIpc) is 3.13. The normalized spacial score (nSPS) is 33.9. The molecule has 3 aliphatic rings. The van der Waals surface area contributed by atoms with Crippen LogP contribution in [-0.2, 0) is 9.47 Å². The molecule has 0 bridgehead atoms. The molecular weight excluding hydrogens is 268 g/mol. The van der Waals surface area contributed by atoms with Crippen LogP contribution < -0.4 is 10.6 Å². The molecule has 1 heterocycles. The summed E-state index contributed by atoms with van der Waals surface area (Å²) in [6, 6.07) is 0.0199. The summed E-state index contributed by atoms with van der Waals surface area (Å²) in [5.41, 5.74) is 0.597. The van der Waals surface area contributed by atoms with E-state index in [1.807, 2.05) is 6.92 Å². The van der Waals surface area contributed by atoms with Gasteiger partial charge in [-0.3, -0.25) is 0 Å². The van der Waals surface area contributed by atoms with E-state index in [0.717, 1.165) is 13.0 Å². The topological polar surface area (TPSA) is 59.6 Å². The summed E-state index contributed by atoms with van der Waals surface area (Å²) in [4.78, 5) is 12.1. The molecule has 0 aromatic rings. The molecule has 3 unspecified atom stereocenters. The van der Waals surface area contributed by atoms with E-state index in [4.69, 9.17) is 9.47 Å². The highest BCUT2D eigenvalue weighted by atomic mass is 16.5. The Hall–Kier alpha value is -0.810. The lowest BCUT2D eigenvalue weighted by atomic mass is 9.93. The van der Waals surface area contributed by atoms with Gasteiger partial charge in [-0.15, -0.1) is 0 Å². The predicted molar refractivity (Wildman–Crippen MR) is 80.2 cm³/mol. The summed E-state index contributed by atoms with van der Waals surface area (Å²) >= 11 is 0. The Morgan fingerprint density at radius 2 is 2.19 bits per heavy atom. The standard InChI is InChI=1S/C16H28N2O3/c1-2-21-14-11-20-9-5-13(14)18-15(19)17-10-12-4-3-6-16(12)7-8-16/h12-14H,2-11H2,1H3,(H2,17,18,19). The van der Waals surface area contributed by atoms with Crippen molar-refractivity contribution in [1.82, 2.24) is 10.6 Å². The molecule has 0 aromatic carbocycles. The van der Waals surface area contributed by atoms with Crippen molar-refractivity contribution < 1.29 is 14.3 Å². The number of hydrogen-bond donors (Lipinski definition) is 2. The van der Waals surface area contributed by atoms with E-state index in [9.17, 15) is 4.79 Å². The Morgan fingerprint density at radius 3 is 2.95 bits per heavy atom. The van der Waals surface area contributed by atoms with Crippen LogP contribution in [0.2, 0.25) is 0 Å². The Labute approximate surface area is 127 Å². The van der Waals surface area contributed by atoms with Gasteiger partial charge in [0.2, 0.25) is 0 Å². The lowest BCUT2D eigenvalue weighted by molar-refractivity contribution is -0.0625. The largest absolute Gasteiger partial charge is 0.379 e. The van der Waals surface area contributed by atoms with Crippen LogP contribution in [0.5, 0.6) is 0 Å². The van der Waals surface area contributed by atoms with Crippen molar-refractivity contribution in [2.45, 2.75) is 57.6 Å². The van der Waals surface area contributed by atoms with Crippen LogP contribution in [0.3, 0.4) is 0 Å². The third-order valence-corrected chi connectivity index (χ3v) is 5.50. The summed E-state index contributed by atoms with van der Waals surface area (Å²) in [6.07, 6.45) is 7.52. The molecule has 2 amide bonds. The van der Waals surface area contributed by atoms with Gasteiger partial charge in [0.25, 0.3) is 0 Å². The second-order valence-corrected chi connectivity index (χ2v) is 6.77. The fourth-order valence-electron chi connectivity index (χ4n) is 4.04. The van der Waals surface area contributed by atoms with Crippen molar-refractivity contribution >= 4 is 6.03 Å². The molecule has 1 aliphatic heterocycles.